The van der Waals surface area contributed by atoms with E-state index in [0.717, 1.165) is 44.3 Å². The van der Waals surface area contributed by atoms with Crippen LogP contribution in [0.25, 0.3) is 22.3 Å². The van der Waals surface area contributed by atoms with Crippen LogP contribution in [-0.4, -0.2) is 35.2 Å². The molecular weight excluding hydrogens is 479 g/mol. The predicted molar refractivity (Wildman–Crippen MR) is 116 cm³/mol. The molecule has 1 N–H and O–H groups in total. The standard InChI is InChI=1S/C21H19ClF3N5O2S/c1-12(21(23,24)25)29-33(31,32)14-6-7-17(27-10-14)20-15(9-26)16-11-28-19(22)8-18(16)30(20)13-4-2-3-5-13/h6-8,10-13,29H,2-5H2,1H3/t12-/m1/s1. The third kappa shape index (κ3) is 4.43. The summed E-state index contributed by atoms with van der Waals surface area (Å²) in [6.45, 7) is 0.720. The lowest BCUT2D eigenvalue weighted by Gasteiger charge is -2.18. The van der Waals surface area contributed by atoms with Gasteiger partial charge in [-0.2, -0.15) is 23.2 Å². The van der Waals surface area contributed by atoms with Crippen LogP contribution >= 0.6 is 11.6 Å². The third-order valence-corrected chi connectivity index (χ3v) is 7.50. The minimum atomic E-state index is -4.72. The molecule has 1 aliphatic rings. The van der Waals surface area contributed by atoms with Crippen LogP contribution in [0.2, 0.25) is 5.15 Å². The number of rotatable bonds is 5. The molecule has 3 heterocycles. The summed E-state index contributed by atoms with van der Waals surface area (Å²) >= 11 is 6.12. The SMILES string of the molecule is C[C@@H](NS(=O)(=O)c1ccc(-c2c(C#N)c3cnc(Cl)cc3n2C2CCCC2)nc1)C(F)(F)F. The molecule has 4 rings (SSSR count). The topological polar surface area (TPSA) is 101 Å². The number of halogens is 4. The number of fused-ring (bicyclic) bond motifs is 1. The van der Waals surface area contributed by atoms with Crippen molar-refractivity contribution in [1.82, 2.24) is 19.3 Å². The van der Waals surface area contributed by atoms with Gasteiger partial charge >= 0.3 is 6.18 Å². The first-order chi connectivity index (χ1) is 15.5. The van der Waals surface area contributed by atoms with Gasteiger partial charge in [0.2, 0.25) is 10.0 Å². The zero-order valence-corrected chi connectivity index (χ0v) is 19.0. The van der Waals surface area contributed by atoms with Gasteiger partial charge in [-0.3, -0.25) is 4.98 Å². The van der Waals surface area contributed by atoms with E-state index in [1.807, 2.05) is 4.57 Å². The Hall–Kier alpha value is -2.68. The fourth-order valence-electron chi connectivity index (χ4n) is 4.13. The molecule has 3 aromatic rings. The summed E-state index contributed by atoms with van der Waals surface area (Å²) < 4.78 is 66.8. The van der Waals surface area contributed by atoms with Crippen LogP contribution in [0.5, 0.6) is 0 Å². The van der Waals surface area contributed by atoms with Gasteiger partial charge in [0.25, 0.3) is 0 Å². The second-order valence-corrected chi connectivity index (χ2v) is 10.0. The fraction of sp³-hybridized carbons (Fsp3) is 0.381. The molecule has 1 atom stereocenters. The van der Waals surface area contributed by atoms with Crippen molar-refractivity contribution in [3.8, 4) is 17.5 Å². The van der Waals surface area contributed by atoms with E-state index < -0.39 is 27.1 Å². The van der Waals surface area contributed by atoms with Gasteiger partial charge in [-0.1, -0.05) is 24.4 Å². The van der Waals surface area contributed by atoms with Gasteiger partial charge in [-0.25, -0.2) is 13.4 Å². The number of alkyl halides is 3. The van der Waals surface area contributed by atoms with Gasteiger partial charge < -0.3 is 4.57 Å². The van der Waals surface area contributed by atoms with E-state index in [-0.39, 0.29) is 11.2 Å². The summed E-state index contributed by atoms with van der Waals surface area (Å²) in [6.07, 6.45) is 1.63. The summed E-state index contributed by atoms with van der Waals surface area (Å²) in [5, 5.41) is 10.8. The van der Waals surface area contributed by atoms with E-state index >= 15 is 0 Å². The maximum Gasteiger partial charge on any atom is 0.404 e. The fourth-order valence-corrected chi connectivity index (χ4v) is 5.46. The molecule has 0 radical (unpaired) electrons. The van der Waals surface area contributed by atoms with E-state index in [0.29, 0.717) is 22.3 Å². The predicted octanol–water partition coefficient (Wildman–Crippen LogP) is 4.97. The van der Waals surface area contributed by atoms with Crippen LogP contribution in [0, 0.1) is 11.3 Å². The summed E-state index contributed by atoms with van der Waals surface area (Å²) in [7, 11) is -4.45. The summed E-state index contributed by atoms with van der Waals surface area (Å²) in [6, 6.07) is 4.28. The molecule has 1 fully saturated rings. The number of nitriles is 1. The van der Waals surface area contributed by atoms with Gasteiger partial charge in [0.05, 0.1) is 22.5 Å². The van der Waals surface area contributed by atoms with Gasteiger partial charge in [0.1, 0.15) is 22.2 Å². The highest BCUT2D eigenvalue weighted by Crippen LogP contribution is 2.41. The Bertz CT molecular complexity index is 1340. The normalized spacial score (nSPS) is 16.2. The Kier molecular flexibility index (Phi) is 6.11. The Morgan fingerprint density at radius 2 is 1.94 bits per heavy atom. The lowest BCUT2D eigenvalue weighted by Crippen LogP contribution is -2.42. The van der Waals surface area contributed by atoms with Crippen LogP contribution in [0.1, 0.15) is 44.2 Å². The molecule has 0 aromatic carbocycles. The molecule has 1 saturated carbocycles. The molecule has 174 valence electrons. The number of pyridine rings is 2. The van der Waals surface area contributed by atoms with E-state index in [1.54, 1.807) is 10.8 Å². The second-order valence-electron chi connectivity index (χ2n) is 7.93. The number of hydrogen-bond acceptors (Lipinski definition) is 5. The molecule has 12 heteroatoms. The third-order valence-electron chi connectivity index (χ3n) is 5.77. The molecule has 33 heavy (non-hydrogen) atoms. The molecule has 0 spiro atoms. The molecule has 3 aromatic heterocycles. The van der Waals surface area contributed by atoms with Crippen molar-refractivity contribution in [2.75, 3.05) is 0 Å². The molecule has 0 unspecified atom stereocenters. The Labute approximate surface area is 193 Å². The van der Waals surface area contributed by atoms with E-state index in [9.17, 15) is 26.9 Å². The minimum absolute atomic E-state index is 0.0996. The van der Waals surface area contributed by atoms with Crippen molar-refractivity contribution in [2.45, 2.75) is 55.8 Å². The highest BCUT2D eigenvalue weighted by molar-refractivity contribution is 7.89. The maximum absolute atomic E-state index is 12.8. The second kappa shape index (κ2) is 8.59. The Morgan fingerprint density at radius 1 is 1.24 bits per heavy atom. The molecule has 0 aliphatic heterocycles. The van der Waals surface area contributed by atoms with Gasteiger partial charge in [-0.05, 0) is 38.0 Å². The average molecular weight is 498 g/mol. The Balaban J connectivity index is 1.81. The number of hydrogen-bond donors (Lipinski definition) is 1. The number of sulfonamides is 1. The van der Waals surface area contributed by atoms with Crippen LogP contribution in [-0.2, 0) is 10.0 Å². The first-order valence-corrected chi connectivity index (χ1v) is 12.0. The summed E-state index contributed by atoms with van der Waals surface area (Å²) in [5.74, 6) is 0. The van der Waals surface area contributed by atoms with Crippen molar-refractivity contribution in [3.05, 3.63) is 41.3 Å². The lowest BCUT2D eigenvalue weighted by atomic mass is 10.1. The first-order valence-electron chi connectivity index (χ1n) is 10.2. The Morgan fingerprint density at radius 3 is 2.52 bits per heavy atom. The van der Waals surface area contributed by atoms with Crippen molar-refractivity contribution < 1.29 is 21.6 Å². The zero-order chi connectivity index (χ0) is 24.0. The van der Waals surface area contributed by atoms with Crippen LogP contribution in [0.4, 0.5) is 13.2 Å². The largest absolute Gasteiger partial charge is 0.404 e. The smallest absolute Gasteiger partial charge is 0.335 e. The maximum atomic E-state index is 12.8. The average Bonchev–Trinajstić information content (AvgIpc) is 3.38. The number of nitrogens with one attached hydrogen (secondary N) is 1. The number of nitrogens with zero attached hydrogens (tertiary/aromatic N) is 4. The van der Waals surface area contributed by atoms with Crippen molar-refractivity contribution in [2.24, 2.45) is 0 Å². The first kappa shape index (κ1) is 23.5. The van der Waals surface area contributed by atoms with Crippen LogP contribution < -0.4 is 4.72 Å². The minimum Gasteiger partial charge on any atom is -0.335 e. The quantitative estimate of drug-likeness (QED) is 0.502. The van der Waals surface area contributed by atoms with Crippen molar-refractivity contribution >= 4 is 32.5 Å². The van der Waals surface area contributed by atoms with E-state index in [1.165, 1.54) is 18.3 Å². The number of aromatic nitrogens is 3. The van der Waals surface area contributed by atoms with Crippen LogP contribution in [0.15, 0.2) is 35.5 Å². The van der Waals surface area contributed by atoms with Crippen molar-refractivity contribution in [1.29, 1.82) is 5.26 Å². The zero-order valence-electron chi connectivity index (χ0n) is 17.4. The molecule has 0 bridgehead atoms. The van der Waals surface area contributed by atoms with Crippen molar-refractivity contribution in [3.63, 3.8) is 0 Å². The monoisotopic (exact) mass is 497 g/mol. The van der Waals surface area contributed by atoms with Gasteiger partial charge in [-0.15, -0.1) is 0 Å². The lowest BCUT2D eigenvalue weighted by molar-refractivity contribution is -0.147. The molecule has 7 nitrogen and oxygen atoms in total. The van der Waals surface area contributed by atoms with E-state index in [4.69, 9.17) is 11.6 Å². The molecule has 0 amide bonds. The van der Waals surface area contributed by atoms with Gasteiger partial charge in [0.15, 0.2) is 0 Å². The van der Waals surface area contributed by atoms with Gasteiger partial charge in [0, 0.05) is 23.8 Å². The van der Waals surface area contributed by atoms with Crippen LogP contribution in [0.3, 0.4) is 0 Å². The van der Waals surface area contributed by atoms with E-state index in [2.05, 4.69) is 16.0 Å². The molecule has 0 saturated heterocycles. The summed E-state index contributed by atoms with van der Waals surface area (Å²) in [5.41, 5.74) is 1.89. The highest BCUT2D eigenvalue weighted by atomic mass is 35.5. The summed E-state index contributed by atoms with van der Waals surface area (Å²) in [4.78, 5) is 7.89. The molecular formula is C21H19ClF3N5O2S. The molecule has 1 aliphatic carbocycles. The highest BCUT2D eigenvalue weighted by Gasteiger charge is 2.39.